The number of fused-ring (bicyclic) bond motifs is 1. The lowest BCUT2D eigenvalue weighted by Crippen LogP contribution is -1.76. The van der Waals surface area contributed by atoms with E-state index in [1.54, 1.807) is 17.4 Å². The zero-order valence-corrected chi connectivity index (χ0v) is 10.4. The number of thiophene rings is 1. The van der Waals surface area contributed by atoms with Crippen LogP contribution in [0.1, 0.15) is 10.4 Å². The molecule has 0 bridgehead atoms. The van der Waals surface area contributed by atoms with Crippen molar-refractivity contribution in [1.82, 2.24) is 9.97 Å². The highest BCUT2D eigenvalue weighted by molar-refractivity contribution is 7.15. The largest absolute Gasteiger partial charge is 0.337 e. The lowest BCUT2D eigenvalue weighted by molar-refractivity contribution is 0.637. The lowest BCUT2D eigenvalue weighted by atomic mass is 10.3. The number of nitrogens with zero attached hydrogens (tertiary/aromatic N) is 1. The van der Waals surface area contributed by atoms with Gasteiger partial charge in [0.05, 0.1) is 10.4 Å². The summed E-state index contributed by atoms with van der Waals surface area (Å²) in [6, 6.07) is 7.03. The number of aryl methyl sites for hydroxylation is 2. The molecular weight excluding hydrogens is 235 g/mol. The first-order valence-corrected chi connectivity index (χ1v) is 6.18. The standard InChI is InChI=1S/C13H11FN2S/c1-7-6-11(17-8(7)2)13-15-10-5-3-4-9(14)12(10)16-13/h3-6H,1-2H3,(H,15,16). The molecule has 4 heteroatoms. The first-order chi connectivity index (χ1) is 8.15. The Kier molecular flexibility index (Phi) is 2.26. The fraction of sp³-hybridized carbons (Fsp3) is 0.154. The zero-order chi connectivity index (χ0) is 12.0. The molecule has 0 saturated carbocycles. The zero-order valence-electron chi connectivity index (χ0n) is 9.54. The van der Waals surface area contributed by atoms with Gasteiger partial charge in [-0.25, -0.2) is 9.37 Å². The van der Waals surface area contributed by atoms with E-state index in [1.807, 2.05) is 6.07 Å². The third-order valence-corrected chi connectivity index (χ3v) is 4.02. The molecule has 0 atom stereocenters. The van der Waals surface area contributed by atoms with E-state index in [2.05, 4.69) is 29.9 Å². The number of hydrogen-bond donors (Lipinski definition) is 1. The smallest absolute Gasteiger partial charge is 0.151 e. The van der Waals surface area contributed by atoms with Crippen molar-refractivity contribution < 1.29 is 4.39 Å². The first-order valence-electron chi connectivity index (χ1n) is 5.37. The molecule has 2 aromatic heterocycles. The van der Waals surface area contributed by atoms with Crippen molar-refractivity contribution in [2.24, 2.45) is 0 Å². The van der Waals surface area contributed by atoms with Crippen LogP contribution in [0.5, 0.6) is 0 Å². The lowest BCUT2D eigenvalue weighted by Gasteiger charge is -1.86. The molecule has 0 aliphatic rings. The molecule has 0 aliphatic carbocycles. The van der Waals surface area contributed by atoms with E-state index in [4.69, 9.17) is 0 Å². The minimum Gasteiger partial charge on any atom is -0.337 e. The van der Waals surface area contributed by atoms with Gasteiger partial charge < -0.3 is 4.98 Å². The Morgan fingerprint density at radius 2 is 2.12 bits per heavy atom. The van der Waals surface area contributed by atoms with Gasteiger partial charge in [-0.1, -0.05) is 6.07 Å². The molecule has 2 heterocycles. The number of halogens is 1. The second-order valence-electron chi connectivity index (χ2n) is 4.07. The Balaban J connectivity index is 2.21. The molecule has 0 amide bonds. The Morgan fingerprint density at radius 1 is 1.29 bits per heavy atom. The fourth-order valence-electron chi connectivity index (χ4n) is 1.80. The highest BCUT2D eigenvalue weighted by atomic mass is 32.1. The Hall–Kier alpha value is -1.68. The number of rotatable bonds is 1. The van der Waals surface area contributed by atoms with Gasteiger partial charge >= 0.3 is 0 Å². The van der Waals surface area contributed by atoms with E-state index in [9.17, 15) is 4.39 Å². The van der Waals surface area contributed by atoms with Gasteiger partial charge in [-0.05, 0) is 37.6 Å². The summed E-state index contributed by atoms with van der Waals surface area (Å²) < 4.78 is 13.5. The van der Waals surface area contributed by atoms with Gasteiger partial charge in [0.1, 0.15) is 11.3 Å². The van der Waals surface area contributed by atoms with Crippen molar-refractivity contribution in [1.29, 1.82) is 0 Å². The summed E-state index contributed by atoms with van der Waals surface area (Å²) in [5, 5.41) is 0. The Morgan fingerprint density at radius 3 is 2.76 bits per heavy atom. The maximum Gasteiger partial charge on any atom is 0.151 e. The summed E-state index contributed by atoms with van der Waals surface area (Å²) >= 11 is 1.67. The van der Waals surface area contributed by atoms with Crippen molar-refractivity contribution in [3.8, 4) is 10.7 Å². The molecular formula is C13H11FN2S. The number of benzene rings is 1. The van der Waals surface area contributed by atoms with Crippen molar-refractivity contribution in [2.45, 2.75) is 13.8 Å². The summed E-state index contributed by atoms with van der Waals surface area (Å²) in [5.74, 6) is 0.460. The molecule has 0 aliphatic heterocycles. The van der Waals surface area contributed by atoms with Crippen LogP contribution in [0.15, 0.2) is 24.3 Å². The molecule has 1 N–H and O–H groups in total. The van der Waals surface area contributed by atoms with Crippen LogP contribution >= 0.6 is 11.3 Å². The maximum absolute atomic E-state index is 13.5. The average molecular weight is 246 g/mol. The van der Waals surface area contributed by atoms with Crippen molar-refractivity contribution in [2.75, 3.05) is 0 Å². The molecule has 0 fully saturated rings. The monoisotopic (exact) mass is 246 g/mol. The molecule has 0 spiro atoms. The van der Waals surface area contributed by atoms with E-state index < -0.39 is 0 Å². The number of imidazole rings is 1. The van der Waals surface area contributed by atoms with Crippen LogP contribution in [-0.4, -0.2) is 9.97 Å². The fourth-order valence-corrected chi connectivity index (χ4v) is 2.78. The molecule has 3 aromatic rings. The quantitative estimate of drug-likeness (QED) is 0.689. The molecule has 2 nitrogen and oxygen atoms in total. The summed E-state index contributed by atoms with van der Waals surface area (Å²) in [6.45, 7) is 4.14. The summed E-state index contributed by atoms with van der Waals surface area (Å²) in [6.07, 6.45) is 0. The second kappa shape index (κ2) is 3.67. The number of para-hydroxylation sites is 1. The summed E-state index contributed by atoms with van der Waals surface area (Å²) in [5.41, 5.74) is 2.39. The Labute approximate surface area is 102 Å². The second-order valence-corrected chi connectivity index (χ2v) is 5.33. The Bertz CT molecular complexity index is 677. The summed E-state index contributed by atoms with van der Waals surface area (Å²) in [4.78, 5) is 9.79. The van der Waals surface area contributed by atoms with Crippen LogP contribution in [0.2, 0.25) is 0 Å². The third-order valence-electron chi connectivity index (χ3n) is 2.86. The van der Waals surface area contributed by atoms with E-state index in [0.717, 1.165) is 16.2 Å². The number of nitrogens with one attached hydrogen (secondary N) is 1. The molecule has 0 unspecified atom stereocenters. The molecule has 86 valence electrons. The first kappa shape index (κ1) is 10.5. The minimum atomic E-state index is -0.282. The molecule has 3 rings (SSSR count). The van der Waals surface area contributed by atoms with Gasteiger partial charge in [-0.15, -0.1) is 11.3 Å². The molecule has 1 aromatic carbocycles. The normalized spacial score (nSPS) is 11.2. The van der Waals surface area contributed by atoms with E-state index in [-0.39, 0.29) is 5.82 Å². The highest BCUT2D eigenvalue weighted by Crippen LogP contribution is 2.30. The van der Waals surface area contributed by atoms with Gasteiger partial charge in [0.2, 0.25) is 0 Å². The van der Waals surface area contributed by atoms with Crippen molar-refractivity contribution in [3.05, 3.63) is 40.5 Å². The van der Waals surface area contributed by atoms with Crippen LogP contribution in [0, 0.1) is 19.7 Å². The van der Waals surface area contributed by atoms with Gasteiger partial charge in [0.15, 0.2) is 5.82 Å². The minimum absolute atomic E-state index is 0.282. The average Bonchev–Trinajstić information content (AvgIpc) is 2.85. The van der Waals surface area contributed by atoms with Gasteiger partial charge in [0.25, 0.3) is 0 Å². The van der Waals surface area contributed by atoms with E-state index in [1.165, 1.54) is 16.5 Å². The van der Waals surface area contributed by atoms with Crippen LogP contribution in [0.3, 0.4) is 0 Å². The van der Waals surface area contributed by atoms with Gasteiger partial charge in [-0.2, -0.15) is 0 Å². The molecule has 0 saturated heterocycles. The predicted molar refractivity (Wildman–Crippen MR) is 68.8 cm³/mol. The predicted octanol–water partition coefficient (Wildman–Crippen LogP) is 4.05. The van der Waals surface area contributed by atoms with Crippen LogP contribution in [-0.2, 0) is 0 Å². The van der Waals surface area contributed by atoms with Crippen LogP contribution in [0.25, 0.3) is 21.7 Å². The summed E-state index contributed by atoms with van der Waals surface area (Å²) in [7, 11) is 0. The third kappa shape index (κ3) is 1.65. The van der Waals surface area contributed by atoms with Crippen LogP contribution in [0.4, 0.5) is 4.39 Å². The topological polar surface area (TPSA) is 28.7 Å². The molecule has 0 radical (unpaired) electrons. The van der Waals surface area contributed by atoms with Crippen molar-refractivity contribution in [3.63, 3.8) is 0 Å². The molecule has 17 heavy (non-hydrogen) atoms. The van der Waals surface area contributed by atoms with Crippen LogP contribution < -0.4 is 0 Å². The van der Waals surface area contributed by atoms with E-state index in [0.29, 0.717) is 5.52 Å². The number of H-pyrrole nitrogens is 1. The van der Waals surface area contributed by atoms with Crippen molar-refractivity contribution >= 4 is 22.4 Å². The number of aromatic nitrogens is 2. The maximum atomic E-state index is 13.5. The number of aromatic amines is 1. The highest BCUT2D eigenvalue weighted by Gasteiger charge is 2.11. The van der Waals surface area contributed by atoms with Gasteiger partial charge in [-0.3, -0.25) is 0 Å². The van der Waals surface area contributed by atoms with E-state index >= 15 is 0 Å². The van der Waals surface area contributed by atoms with Gasteiger partial charge in [0, 0.05) is 4.88 Å². The SMILES string of the molecule is Cc1cc(-c2nc3c(F)cccc3[nH]2)sc1C. The number of hydrogen-bond acceptors (Lipinski definition) is 2.